The summed E-state index contributed by atoms with van der Waals surface area (Å²) in [5, 5.41) is 42.2. The Morgan fingerprint density at radius 3 is 1.86 bits per heavy atom. The predicted octanol–water partition coefficient (Wildman–Crippen LogP) is -3.37. The van der Waals surface area contributed by atoms with Gasteiger partial charge >= 0.3 is 23.9 Å². The van der Waals surface area contributed by atoms with E-state index in [4.69, 9.17) is 21.1 Å². The van der Waals surface area contributed by atoms with Gasteiger partial charge in [-0.1, -0.05) is 0 Å². The molecule has 4 atom stereocenters. The van der Waals surface area contributed by atoms with Gasteiger partial charge in [-0.3, -0.25) is 28.8 Å². The quantitative estimate of drug-likeness (QED) is 0.104. The molecule has 0 aliphatic heterocycles. The third-order valence-corrected chi connectivity index (χ3v) is 4.62. The molecule has 0 aliphatic rings. The standard InChI is InChI=1S/C19H26N6O11/c20-9(4-14(28)29)16(32)24-12(5-15(30)31)18(34)25-11(3-8-6-21-7-22-8)17(33)23-10(19(35)36)1-2-13(26)27/h6-7,9-12H,1-5,20H2,(H,21,22)(H,23,33)(H,24,32)(H,25,34)(H,26,27)(H,28,29)(H,30,31)(H,35,36). The number of H-pyrrole nitrogens is 1. The number of aromatic nitrogens is 2. The summed E-state index contributed by atoms with van der Waals surface area (Å²) in [7, 11) is 0. The molecule has 3 amide bonds. The molecule has 198 valence electrons. The zero-order valence-corrected chi connectivity index (χ0v) is 18.7. The fraction of sp³-hybridized carbons (Fsp3) is 0.474. The van der Waals surface area contributed by atoms with Gasteiger partial charge < -0.3 is 47.1 Å². The maximum Gasteiger partial charge on any atom is 0.326 e. The zero-order chi connectivity index (χ0) is 27.4. The van der Waals surface area contributed by atoms with Crippen LogP contribution < -0.4 is 21.7 Å². The molecule has 0 saturated carbocycles. The first kappa shape index (κ1) is 29.5. The van der Waals surface area contributed by atoms with Crippen LogP contribution in [0.3, 0.4) is 0 Å². The number of carbonyl (C=O) groups excluding carboxylic acids is 3. The lowest BCUT2D eigenvalue weighted by Gasteiger charge is -2.24. The Balaban J connectivity index is 3.08. The van der Waals surface area contributed by atoms with Crippen molar-refractivity contribution in [3.63, 3.8) is 0 Å². The van der Waals surface area contributed by atoms with E-state index >= 15 is 0 Å². The molecule has 0 aromatic carbocycles. The number of aromatic amines is 1. The Bertz CT molecular complexity index is 981. The van der Waals surface area contributed by atoms with Crippen LogP contribution in [0.5, 0.6) is 0 Å². The van der Waals surface area contributed by atoms with E-state index in [1.165, 1.54) is 12.5 Å². The molecular formula is C19H26N6O11. The fourth-order valence-electron chi connectivity index (χ4n) is 2.84. The summed E-state index contributed by atoms with van der Waals surface area (Å²) in [6, 6.07) is -6.49. The Kier molecular flexibility index (Phi) is 11.5. The molecule has 10 N–H and O–H groups in total. The molecule has 1 aromatic rings. The van der Waals surface area contributed by atoms with Crippen LogP contribution >= 0.6 is 0 Å². The van der Waals surface area contributed by atoms with Gasteiger partial charge in [0.25, 0.3) is 0 Å². The number of carboxylic acids is 4. The number of rotatable bonds is 16. The number of nitrogens with two attached hydrogens (primary N) is 1. The van der Waals surface area contributed by atoms with Gasteiger partial charge in [0.2, 0.25) is 17.7 Å². The molecule has 0 radical (unpaired) electrons. The van der Waals surface area contributed by atoms with Crippen LogP contribution in [0.15, 0.2) is 12.5 Å². The second-order valence-electron chi connectivity index (χ2n) is 7.54. The van der Waals surface area contributed by atoms with Crippen molar-refractivity contribution in [2.75, 3.05) is 0 Å². The summed E-state index contributed by atoms with van der Waals surface area (Å²) < 4.78 is 0. The van der Waals surface area contributed by atoms with E-state index in [0.717, 1.165) is 0 Å². The molecule has 17 heteroatoms. The van der Waals surface area contributed by atoms with E-state index in [1.807, 2.05) is 5.32 Å². The van der Waals surface area contributed by atoms with Crippen LogP contribution in [-0.4, -0.2) is 96.2 Å². The highest BCUT2D eigenvalue weighted by Crippen LogP contribution is 2.05. The molecule has 1 heterocycles. The largest absolute Gasteiger partial charge is 0.481 e. The van der Waals surface area contributed by atoms with Gasteiger partial charge in [-0.25, -0.2) is 9.78 Å². The average molecular weight is 514 g/mol. The summed E-state index contributed by atoms with van der Waals surface area (Å²) >= 11 is 0. The third-order valence-electron chi connectivity index (χ3n) is 4.62. The number of aliphatic carboxylic acids is 4. The second kappa shape index (κ2) is 14.0. The van der Waals surface area contributed by atoms with E-state index in [9.17, 15) is 38.7 Å². The lowest BCUT2D eigenvalue weighted by molar-refractivity contribution is -0.144. The van der Waals surface area contributed by atoms with Crippen molar-refractivity contribution in [3.05, 3.63) is 18.2 Å². The highest BCUT2D eigenvalue weighted by atomic mass is 16.4. The Hall–Kier alpha value is -4.54. The smallest absolute Gasteiger partial charge is 0.326 e. The number of carbonyl (C=O) groups is 7. The van der Waals surface area contributed by atoms with Gasteiger partial charge in [0.05, 0.1) is 25.2 Å². The van der Waals surface area contributed by atoms with Crippen LogP contribution in [-0.2, 0) is 40.0 Å². The first-order valence-corrected chi connectivity index (χ1v) is 10.3. The Morgan fingerprint density at radius 2 is 1.36 bits per heavy atom. The summed E-state index contributed by atoms with van der Waals surface area (Å²) in [5.41, 5.74) is 5.74. The average Bonchev–Trinajstić information content (AvgIpc) is 3.27. The Morgan fingerprint density at radius 1 is 0.806 bits per heavy atom. The van der Waals surface area contributed by atoms with Crippen LogP contribution in [0.2, 0.25) is 0 Å². The van der Waals surface area contributed by atoms with Gasteiger partial charge in [0, 0.05) is 24.7 Å². The minimum Gasteiger partial charge on any atom is -0.481 e. The molecule has 0 fully saturated rings. The van der Waals surface area contributed by atoms with Crippen molar-refractivity contribution >= 4 is 41.6 Å². The van der Waals surface area contributed by atoms with E-state index in [1.54, 1.807) is 0 Å². The molecule has 1 aromatic heterocycles. The van der Waals surface area contributed by atoms with Crippen molar-refractivity contribution in [3.8, 4) is 0 Å². The number of carboxylic acid groups (broad SMARTS) is 4. The highest BCUT2D eigenvalue weighted by molar-refractivity contribution is 5.96. The van der Waals surface area contributed by atoms with E-state index in [2.05, 4.69) is 20.6 Å². The Labute approximate surface area is 202 Å². The van der Waals surface area contributed by atoms with Crippen LogP contribution in [0.4, 0.5) is 0 Å². The van der Waals surface area contributed by atoms with Crippen molar-refractivity contribution in [2.45, 2.75) is 56.3 Å². The molecule has 0 aliphatic carbocycles. The van der Waals surface area contributed by atoms with Gasteiger partial charge in [-0.15, -0.1) is 0 Å². The molecular weight excluding hydrogens is 488 g/mol. The van der Waals surface area contributed by atoms with Crippen LogP contribution in [0.1, 0.15) is 31.4 Å². The molecule has 36 heavy (non-hydrogen) atoms. The minimum atomic E-state index is -1.77. The van der Waals surface area contributed by atoms with Crippen molar-refractivity contribution in [2.24, 2.45) is 5.73 Å². The fourth-order valence-corrected chi connectivity index (χ4v) is 2.84. The summed E-state index contributed by atoms with van der Waals surface area (Å²) in [6.07, 6.45) is -0.492. The number of hydrogen-bond acceptors (Lipinski definition) is 9. The van der Waals surface area contributed by atoms with Gasteiger partial charge in [0.1, 0.15) is 18.1 Å². The SMILES string of the molecule is NC(CC(=O)O)C(=O)NC(CC(=O)O)C(=O)NC(Cc1cnc[nH]1)C(=O)NC(CCC(=O)O)C(=O)O. The number of nitrogens with zero attached hydrogens (tertiary/aromatic N) is 1. The molecule has 0 spiro atoms. The lowest BCUT2D eigenvalue weighted by atomic mass is 10.1. The number of hydrogen-bond donors (Lipinski definition) is 9. The minimum absolute atomic E-state index is 0.269. The van der Waals surface area contributed by atoms with Crippen molar-refractivity contribution < 1.29 is 54.0 Å². The van der Waals surface area contributed by atoms with Crippen molar-refractivity contribution in [1.29, 1.82) is 0 Å². The first-order valence-electron chi connectivity index (χ1n) is 10.3. The maximum absolute atomic E-state index is 12.8. The van der Waals surface area contributed by atoms with Gasteiger partial charge in [0.15, 0.2) is 0 Å². The van der Waals surface area contributed by atoms with Gasteiger partial charge in [-0.05, 0) is 6.42 Å². The summed E-state index contributed by atoms with van der Waals surface area (Å²) in [6.45, 7) is 0. The van der Waals surface area contributed by atoms with E-state index in [0.29, 0.717) is 5.69 Å². The summed E-state index contributed by atoms with van der Waals surface area (Å²) in [5.74, 6) is -9.09. The van der Waals surface area contributed by atoms with Crippen LogP contribution in [0.25, 0.3) is 0 Å². The molecule has 17 nitrogen and oxygen atoms in total. The molecule has 4 unspecified atom stereocenters. The monoisotopic (exact) mass is 514 g/mol. The van der Waals surface area contributed by atoms with E-state index in [-0.39, 0.29) is 6.42 Å². The molecule has 0 saturated heterocycles. The summed E-state index contributed by atoms with van der Waals surface area (Å²) in [4.78, 5) is 88.3. The lowest BCUT2D eigenvalue weighted by Crippen LogP contribution is -2.58. The van der Waals surface area contributed by atoms with Crippen LogP contribution in [0, 0.1) is 0 Å². The maximum atomic E-state index is 12.8. The van der Waals surface area contributed by atoms with Crippen molar-refractivity contribution in [1.82, 2.24) is 25.9 Å². The zero-order valence-electron chi connectivity index (χ0n) is 18.7. The number of amides is 3. The first-order chi connectivity index (χ1) is 16.8. The molecule has 0 bridgehead atoms. The topological polar surface area (TPSA) is 291 Å². The number of imidazole rings is 1. The van der Waals surface area contributed by atoms with Gasteiger partial charge in [-0.2, -0.15) is 0 Å². The normalized spacial score (nSPS) is 13.9. The molecule has 1 rings (SSSR count). The van der Waals surface area contributed by atoms with E-state index < -0.39 is 91.4 Å². The number of nitrogens with one attached hydrogen (secondary N) is 4. The highest BCUT2D eigenvalue weighted by Gasteiger charge is 2.32. The predicted molar refractivity (Wildman–Crippen MR) is 115 cm³/mol. The third kappa shape index (κ3) is 10.6. The second-order valence-corrected chi connectivity index (χ2v) is 7.54.